The topological polar surface area (TPSA) is 105 Å². The summed E-state index contributed by atoms with van der Waals surface area (Å²) in [5.74, 6) is 0.551. The Bertz CT molecular complexity index is 668. The van der Waals surface area contributed by atoms with Crippen LogP contribution in [0.15, 0.2) is 28.7 Å². The molecule has 0 amide bonds. The lowest BCUT2D eigenvalue weighted by Gasteiger charge is -2.04. The van der Waals surface area contributed by atoms with E-state index in [9.17, 15) is 10.1 Å². The van der Waals surface area contributed by atoms with Gasteiger partial charge in [0, 0.05) is 23.7 Å². The molecule has 0 aliphatic heterocycles. The van der Waals surface area contributed by atoms with Gasteiger partial charge in [-0.2, -0.15) is 10.2 Å². The summed E-state index contributed by atoms with van der Waals surface area (Å²) < 4.78 is 5.49. The minimum atomic E-state index is -0.480. The van der Waals surface area contributed by atoms with Gasteiger partial charge in [-0.15, -0.1) is 0 Å². The van der Waals surface area contributed by atoms with Crippen LogP contribution in [0.25, 0.3) is 11.5 Å². The summed E-state index contributed by atoms with van der Waals surface area (Å²) >= 11 is 0. The SMILES string of the molecule is CC(C)Nc1oc(-c2ccc([N+](=O)[O-])cc2)nc1C#N. The van der Waals surface area contributed by atoms with Crippen molar-refractivity contribution in [3.8, 4) is 17.5 Å². The lowest BCUT2D eigenvalue weighted by molar-refractivity contribution is -0.384. The van der Waals surface area contributed by atoms with E-state index in [1.54, 1.807) is 0 Å². The first kappa shape index (κ1) is 13.5. The standard InChI is InChI=1S/C13H12N4O3/c1-8(2)15-13-11(7-14)16-12(20-13)9-3-5-10(6-4-9)17(18)19/h3-6,8,15H,1-2H3. The summed E-state index contributed by atoms with van der Waals surface area (Å²) in [7, 11) is 0. The number of benzene rings is 1. The molecule has 0 unspecified atom stereocenters. The van der Waals surface area contributed by atoms with Crippen molar-refractivity contribution in [3.05, 3.63) is 40.1 Å². The van der Waals surface area contributed by atoms with Gasteiger partial charge in [-0.3, -0.25) is 10.1 Å². The number of aromatic nitrogens is 1. The highest BCUT2D eigenvalue weighted by molar-refractivity contribution is 5.60. The number of non-ortho nitro benzene ring substituents is 1. The minimum Gasteiger partial charge on any atom is -0.419 e. The van der Waals surface area contributed by atoms with E-state index in [2.05, 4.69) is 10.3 Å². The molecule has 2 rings (SSSR count). The van der Waals surface area contributed by atoms with Gasteiger partial charge < -0.3 is 9.73 Å². The van der Waals surface area contributed by atoms with Gasteiger partial charge in [0.15, 0.2) is 0 Å². The molecule has 0 atom stereocenters. The number of nitrogens with zero attached hydrogens (tertiary/aromatic N) is 3. The Labute approximate surface area is 115 Å². The van der Waals surface area contributed by atoms with Crippen molar-refractivity contribution >= 4 is 11.6 Å². The van der Waals surface area contributed by atoms with E-state index in [0.29, 0.717) is 11.4 Å². The van der Waals surface area contributed by atoms with Crippen LogP contribution in [-0.4, -0.2) is 15.9 Å². The van der Waals surface area contributed by atoms with Gasteiger partial charge in [0.05, 0.1) is 4.92 Å². The van der Waals surface area contributed by atoms with Gasteiger partial charge >= 0.3 is 0 Å². The Morgan fingerprint density at radius 3 is 2.55 bits per heavy atom. The predicted octanol–water partition coefficient (Wildman–Crippen LogP) is 2.94. The molecule has 1 aromatic carbocycles. The first-order chi connectivity index (χ1) is 9.51. The molecular formula is C13H12N4O3. The van der Waals surface area contributed by atoms with Crippen molar-refractivity contribution in [2.45, 2.75) is 19.9 Å². The van der Waals surface area contributed by atoms with E-state index in [1.807, 2.05) is 19.9 Å². The zero-order valence-corrected chi connectivity index (χ0v) is 11.0. The molecular weight excluding hydrogens is 260 g/mol. The Morgan fingerprint density at radius 1 is 1.40 bits per heavy atom. The van der Waals surface area contributed by atoms with Crippen molar-refractivity contribution in [2.75, 3.05) is 5.32 Å². The quantitative estimate of drug-likeness (QED) is 0.677. The van der Waals surface area contributed by atoms with E-state index in [-0.39, 0.29) is 23.3 Å². The number of hydrogen-bond donors (Lipinski definition) is 1. The molecule has 1 aromatic heterocycles. The Kier molecular flexibility index (Phi) is 3.66. The van der Waals surface area contributed by atoms with Crippen LogP contribution in [0.3, 0.4) is 0 Å². The normalized spacial score (nSPS) is 10.3. The minimum absolute atomic E-state index is 0.0126. The summed E-state index contributed by atoms with van der Waals surface area (Å²) in [5.41, 5.74) is 0.720. The second kappa shape index (κ2) is 5.40. The first-order valence-corrected chi connectivity index (χ1v) is 5.93. The maximum Gasteiger partial charge on any atom is 0.269 e. The third-order valence-corrected chi connectivity index (χ3v) is 2.48. The molecule has 1 N–H and O–H groups in total. The second-order valence-corrected chi connectivity index (χ2v) is 4.41. The highest BCUT2D eigenvalue weighted by Crippen LogP contribution is 2.27. The lowest BCUT2D eigenvalue weighted by Crippen LogP contribution is -2.09. The maximum absolute atomic E-state index is 10.6. The number of nitriles is 1. The second-order valence-electron chi connectivity index (χ2n) is 4.41. The van der Waals surface area contributed by atoms with Crippen LogP contribution in [0.4, 0.5) is 11.6 Å². The van der Waals surface area contributed by atoms with Crippen LogP contribution in [0, 0.1) is 21.4 Å². The van der Waals surface area contributed by atoms with Crippen molar-refractivity contribution in [2.24, 2.45) is 0 Å². The number of nitro groups is 1. The molecule has 0 radical (unpaired) electrons. The molecule has 0 aliphatic carbocycles. The summed E-state index contributed by atoms with van der Waals surface area (Å²) in [6, 6.07) is 7.83. The predicted molar refractivity (Wildman–Crippen MR) is 72.1 cm³/mol. The van der Waals surface area contributed by atoms with Crippen LogP contribution in [0.1, 0.15) is 19.5 Å². The smallest absolute Gasteiger partial charge is 0.269 e. The number of nitrogens with one attached hydrogen (secondary N) is 1. The molecule has 0 bridgehead atoms. The van der Waals surface area contributed by atoms with Crippen molar-refractivity contribution in [1.82, 2.24) is 4.98 Å². The van der Waals surface area contributed by atoms with E-state index >= 15 is 0 Å². The molecule has 0 spiro atoms. The van der Waals surface area contributed by atoms with Gasteiger partial charge in [-0.05, 0) is 26.0 Å². The first-order valence-electron chi connectivity index (χ1n) is 5.93. The average Bonchev–Trinajstić information content (AvgIpc) is 2.81. The van der Waals surface area contributed by atoms with E-state index in [0.717, 1.165) is 0 Å². The fraction of sp³-hybridized carbons (Fsp3) is 0.231. The van der Waals surface area contributed by atoms with E-state index < -0.39 is 4.92 Å². The van der Waals surface area contributed by atoms with Crippen LogP contribution in [0.5, 0.6) is 0 Å². The van der Waals surface area contributed by atoms with Gasteiger partial charge in [0.25, 0.3) is 5.69 Å². The highest BCUT2D eigenvalue weighted by Gasteiger charge is 2.15. The average molecular weight is 272 g/mol. The molecule has 7 heteroatoms. The molecule has 0 saturated heterocycles. The Morgan fingerprint density at radius 2 is 2.05 bits per heavy atom. The summed E-state index contributed by atoms with van der Waals surface area (Å²) in [4.78, 5) is 14.2. The zero-order valence-electron chi connectivity index (χ0n) is 11.0. The number of rotatable bonds is 4. The molecule has 2 aromatic rings. The number of anilines is 1. The van der Waals surface area contributed by atoms with Gasteiger partial charge in [0.2, 0.25) is 17.5 Å². The Hall–Kier alpha value is -2.88. The molecule has 0 fully saturated rings. The number of hydrogen-bond acceptors (Lipinski definition) is 6. The molecule has 7 nitrogen and oxygen atoms in total. The lowest BCUT2D eigenvalue weighted by atomic mass is 10.2. The molecule has 0 aliphatic rings. The van der Waals surface area contributed by atoms with Crippen LogP contribution >= 0.6 is 0 Å². The third-order valence-electron chi connectivity index (χ3n) is 2.48. The van der Waals surface area contributed by atoms with Crippen molar-refractivity contribution < 1.29 is 9.34 Å². The number of oxazole rings is 1. The van der Waals surface area contributed by atoms with Crippen LogP contribution in [-0.2, 0) is 0 Å². The monoisotopic (exact) mass is 272 g/mol. The highest BCUT2D eigenvalue weighted by atomic mass is 16.6. The van der Waals surface area contributed by atoms with E-state index in [1.165, 1.54) is 24.3 Å². The Balaban J connectivity index is 2.35. The largest absolute Gasteiger partial charge is 0.419 e. The molecule has 20 heavy (non-hydrogen) atoms. The number of nitro benzene ring substituents is 1. The molecule has 0 saturated carbocycles. The van der Waals surface area contributed by atoms with Crippen molar-refractivity contribution in [1.29, 1.82) is 5.26 Å². The van der Waals surface area contributed by atoms with Crippen LogP contribution < -0.4 is 5.32 Å². The van der Waals surface area contributed by atoms with Crippen LogP contribution in [0.2, 0.25) is 0 Å². The zero-order chi connectivity index (χ0) is 14.7. The fourth-order valence-corrected chi connectivity index (χ4v) is 1.61. The molecule has 102 valence electrons. The fourth-order valence-electron chi connectivity index (χ4n) is 1.61. The van der Waals surface area contributed by atoms with E-state index in [4.69, 9.17) is 9.68 Å². The van der Waals surface area contributed by atoms with Gasteiger partial charge in [-0.1, -0.05) is 0 Å². The summed E-state index contributed by atoms with van der Waals surface area (Å²) in [6.07, 6.45) is 0. The molecule has 1 heterocycles. The maximum atomic E-state index is 10.6. The summed E-state index contributed by atoms with van der Waals surface area (Å²) in [5, 5.41) is 22.6. The van der Waals surface area contributed by atoms with Gasteiger partial charge in [-0.25, -0.2) is 0 Å². The summed E-state index contributed by atoms with van der Waals surface area (Å²) in [6.45, 7) is 3.82. The van der Waals surface area contributed by atoms with Gasteiger partial charge in [0.1, 0.15) is 6.07 Å². The van der Waals surface area contributed by atoms with Crippen molar-refractivity contribution in [3.63, 3.8) is 0 Å². The third kappa shape index (κ3) is 2.75.